The number of aromatic nitrogens is 2. The van der Waals surface area contributed by atoms with Crippen molar-refractivity contribution in [1.29, 1.82) is 0 Å². The largest absolute Gasteiger partial charge is 0.497 e. The zero-order valence-electron chi connectivity index (χ0n) is 15.9. The molecule has 1 aromatic carbocycles. The van der Waals surface area contributed by atoms with Gasteiger partial charge in [0.2, 0.25) is 0 Å². The van der Waals surface area contributed by atoms with Gasteiger partial charge in [0.1, 0.15) is 23.1 Å². The summed E-state index contributed by atoms with van der Waals surface area (Å²) in [6.45, 7) is 3.96. The number of nitrogens with zero attached hydrogens (tertiary/aromatic N) is 3. The molecule has 26 heavy (non-hydrogen) atoms. The van der Waals surface area contributed by atoms with Crippen molar-refractivity contribution in [2.24, 2.45) is 0 Å². The number of rotatable bonds is 9. The Bertz CT molecular complexity index is 716. The molecule has 1 amide bonds. The molecule has 140 valence electrons. The van der Waals surface area contributed by atoms with Gasteiger partial charge in [-0.05, 0) is 45.1 Å². The van der Waals surface area contributed by atoms with Crippen LogP contribution in [0.3, 0.4) is 0 Å². The summed E-state index contributed by atoms with van der Waals surface area (Å²) in [5, 5.41) is 6.13. The monoisotopic (exact) mass is 357 g/mol. The molecule has 2 rings (SSSR count). The number of amides is 1. The second kappa shape index (κ2) is 9.72. The van der Waals surface area contributed by atoms with E-state index in [2.05, 4.69) is 25.5 Å². The van der Waals surface area contributed by atoms with Gasteiger partial charge in [0, 0.05) is 25.7 Å². The quantitative estimate of drug-likeness (QED) is 0.712. The van der Waals surface area contributed by atoms with Gasteiger partial charge in [0.25, 0.3) is 5.91 Å². The number of carbonyl (C=O) groups is 1. The van der Waals surface area contributed by atoms with E-state index >= 15 is 0 Å². The van der Waals surface area contributed by atoms with Crippen molar-refractivity contribution in [2.75, 3.05) is 46.2 Å². The van der Waals surface area contributed by atoms with E-state index < -0.39 is 0 Å². The van der Waals surface area contributed by atoms with Crippen LogP contribution in [-0.4, -0.2) is 61.6 Å². The summed E-state index contributed by atoms with van der Waals surface area (Å²) in [6, 6.07) is 9.50. The predicted octanol–water partition coefficient (Wildman–Crippen LogP) is 1.74. The van der Waals surface area contributed by atoms with E-state index in [4.69, 9.17) is 4.74 Å². The van der Waals surface area contributed by atoms with Gasteiger partial charge in [0.05, 0.1) is 7.11 Å². The van der Waals surface area contributed by atoms with Crippen molar-refractivity contribution in [1.82, 2.24) is 20.2 Å². The minimum atomic E-state index is -0.195. The standard InChI is InChI=1S/C19H27N5O2/c1-14-22-17(13-18(23-14)20-11-12-24(2)3)19(25)21-10-9-15-5-7-16(26-4)8-6-15/h5-8,13H,9-12H2,1-4H3,(H,21,25)(H,20,22,23). The first-order valence-corrected chi connectivity index (χ1v) is 8.63. The fourth-order valence-electron chi connectivity index (χ4n) is 2.39. The van der Waals surface area contributed by atoms with Gasteiger partial charge in [-0.15, -0.1) is 0 Å². The van der Waals surface area contributed by atoms with Gasteiger partial charge in [-0.1, -0.05) is 12.1 Å². The highest BCUT2D eigenvalue weighted by molar-refractivity contribution is 5.92. The predicted molar refractivity (Wildman–Crippen MR) is 103 cm³/mol. The molecule has 0 saturated carbocycles. The average Bonchev–Trinajstić information content (AvgIpc) is 2.61. The fourth-order valence-corrected chi connectivity index (χ4v) is 2.39. The zero-order chi connectivity index (χ0) is 18.9. The third kappa shape index (κ3) is 6.33. The van der Waals surface area contributed by atoms with Crippen LogP contribution in [0.4, 0.5) is 5.82 Å². The Morgan fingerprint density at radius 2 is 1.88 bits per heavy atom. The highest BCUT2D eigenvalue weighted by Gasteiger charge is 2.10. The van der Waals surface area contributed by atoms with Gasteiger partial charge in [0.15, 0.2) is 0 Å². The molecular weight excluding hydrogens is 330 g/mol. The number of aryl methyl sites for hydroxylation is 1. The number of anilines is 1. The van der Waals surface area contributed by atoms with Crippen molar-refractivity contribution in [3.63, 3.8) is 0 Å². The Balaban J connectivity index is 1.88. The van der Waals surface area contributed by atoms with Crippen LogP contribution < -0.4 is 15.4 Å². The minimum absolute atomic E-state index is 0.195. The topological polar surface area (TPSA) is 79.4 Å². The summed E-state index contributed by atoms with van der Waals surface area (Å²) in [7, 11) is 5.66. The number of benzene rings is 1. The van der Waals surface area contributed by atoms with E-state index in [1.807, 2.05) is 38.4 Å². The first-order chi connectivity index (χ1) is 12.5. The lowest BCUT2D eigenvalue weighted by atomic mass is 10.1. The van der Waals surface area contributed by atoms with Gasteiger partial charge < -0.3 is 20.3 Å². The summed E-state index contributed by atoms with van der Waals surface area (Å²) in [6.07, 6.45) is 0.744. The maximum absolute atomic E-state index is 12.4. The van der Waals surface area contributed by atoms with Crippen LogP contribution in [0.2, 0.25) is 0 Å². The number of carbonyl (C=O) groups excluding carboxylic acids is 1. The third-order valence-electron chi connectivity index (χ3n) is 3.79. The fraction of sp³-hybridized carbons (Fsp3) is 0.421. The summed E-state index contributed by atoms with van der Waals surface area (Å²) < 4.78 is 5.14. The Morgan fingerprint density at radius 3 is 2.54 bits per heavy atom. The van der Waals surface area contributed by atoms with Crippen LogP contribution in [0.15, 0.2) is 30.3 Å². The van der Waals surface area contributed by atoms with E-state index in [9.17, 15) is 4.79 Å². The number of hydrogen-bond acceptors (Lipinski definition) is 6. The van der Waals surface area contributed by atoms with E-state index in [-0.39, 0.29) is 5.91 Å². The molecule has 7 nitrogen and oxygen atoms in total. The Labute approximate surface area is 154 Å². The summed E-state index contributed by atoms with van der Waals surface area (Å²) >= 11 is 0. The van der Waals surface area contributed by atoms with Crippen LogP contribution in [0.25, 0.3) is 0 Å². The molecule has 0 spiro atoms. The SMILES string of the molecule is COc1ccc(CCNC(=O)c2cc(NCCN(C)C)nc(C)n2)cc1. The van der Waals surface area contributed by atoms with Crippen molar-refractivity contribution >= 4 is 11.7 Å². The van der Waals surface area contributed by atoms with Crippen molar-refractivity contribution in [3.8, 4) is 5.75 Å². The summed E-state index contributed by atoms with van der Waals surface area (Å²) in [5.74, 6) is 1.86. The lowest BCUT2D eigenvalue weighted by molar-refractivity contribution is 0.0949. The number of hydrogen-bond donors (Lipinski definition) is 2. The third-order valence-corrected chi connectivity index (χ3v) is 3.79. The molecule has 0 aliphatic heterocycles. The number of likely N-dealkylation sites (N-methyl/N-ethyl adjacent to an activating group) is 1. The van der Waals surface area contributed by atoms with Crippen LogP contribution in [0.5, 0.6) is 5.75 Å². The highest BCUT2D eigenvalue weighted by atomic mass is 16.5. The first-order valence-electron chi connectivity index (χ1n) is 8.63. The van der Waals surface area contributed by atoms with Crippen molar-refractivity contribution in [2.45, 2.75) is 13.3 Å². The Morgan fingerprint density at radius 1 is 1.15 bits per heavy atom. The van der Waals surface area contributed by atoms with E-state index in [0.717, 1.165) is 30.8 Å². The second-order valence-corrected chi connectivity index (χ2v) is 6.27. The molecule has 0 atom stereocenters. The number of methoxy groups -OCH3 is 1. The lowest BCUT2D eigenvalue weighted by Crippen LogP contribution is -2.27. The molecule has 0 radical (unpaired) electrons. The molecule has 1 aromatic heterocycles. The molecule has 0 aliphatic carbocycles. The van der Waals surface area contributed by atoms with Gasteiger partial charge in [-0.2, -0.15) is 0 Å². The lowest BCUT2D eigenvalue weighted by Gasteiger charge is -2.12. The number of ether oxygens (including phenoxy) is 1. The number of nitrogens with one attached hydrogen (secondary N) is 2. The Kier molecular flexibility index (Phi) is 7.35. The van der Waals surface area contributed by atoms with E-state index in [0.29, 0.717) is 23.9 Å². The average molecular weight is 357 g/mol. The minimum Gasteiger partial charge on any atom is -0.497 e. The molecule has 0 fully saturated rings. The molecule has 0 unspecified atom stereocenters. The zero-order valence-corrected chi connectivity index (χ0v) is 15.9. The van der Waals surface area contributed by atoms with Crippen molar-refractivity contribution in [3.05, 3.63) is 47.4 Å². The molecule has 2 N–H and O–H groups in total. The van der Waals surface area contributed by atoms with Crippen molar-refractivity contribution < 1.29 is 9.53 Å². The van der Waals surface area contributed by atoms with Crippen LogP contribution >= 0.6 is 0 Å². The Hall–Kier alpha value is -2.67. The molecule has 0 aliphatic rings. The molecular formula is C19H27N5O2. The molecule has 0 saturated heterocycles. The molecule has 0 bridgehead atoms. The van der Waals surface area contributed by atoms with Crippen LogP contribution in [0.1, 0.15) is 21.9 Å². The van der Waals surface area contributed by atoms with Gasteiger partial charge in [-0.25, -0.2) is 9.97 Å². The normalized spacial score (nSPS) is 10.7. The van der Waals surface area contributed by atoms with Gasteiger partial charge >= 0.3 is 0 Å². The van der Waals surface area contributed by atoms with Gasteiger partial charge in [-0.3, -0.25) is 4.79 Å². The van der Waals surface area contributed by atoms with Crippen LogP contribution in [-0.2, 0) is 6.42 Å². The van der Waals surface area contributed by atoms with Crippen LogP contribution in [0, 0.1) is 6.92 Å². The molecule has 2 aromatic rings. The highest BCUT2D eigenvalue weighted by Crippen LogP contribution is 2.11. The maximum atomic E-state index is 12.4. The molecule has 1 heterocycles. The summed E-state index contributed by atoms with van der Waals surface area (Å²) in [5.41, 5.74) is 1.51. The molecule has 7 heteroatoms. The van der Waals surface area contributed by atoms with E-state index in [1.54, 1.807) is 20.1 Å². The maximum Gasteiger partial charge on any atom is 0.270 e. The second-order valence-electron chi connectivity index (χ2n) is 6.27. The smallest absolute Gasteiger partial charge is 0.270 e. The first kappa shape index (κ1) is 19.7. The summed E-state index contributed by atoms with van der Waals surface area (Å²) in [4.78, 5) is 23.0. The van der Waals surface area contributed by atoms with E-state index in [1.165, 1.54) is 0 Å².